The molecule has 0 unspecified atom stereocenters. The van der Waals surface area contributed by atoms with Gasteiger partial charge in [-0.05, 0) is 38.9 Å². The van der Waals surface area contributed by atoms with Gasteiger partial charge in [0, 0.05) is 25.2 Å². The van der Waals surface area contributed by atoms with Crippen LogP contribution in [0.15, 0.2) is 29.3 Å². The summed E-state index contributed by atoms with van der Waals surface area (Å²) in [5, 5.41) is 6.54. The molecule has 0 atom stereocenters. The van der Waals surface area contributed by atoms with Gasteiger partial charge in [-0.2, -0.15) is 0 Å². The minimum absolute atomic E-state index is 0.199. The van der Waals surface area contributed by atoms with Gasteiger partial charge in [-0.3, -0.25) is 0 Å². The fraction of sp³-hybridized carbons (Fsp3) is 0.588. The van der Waals surface area contributed by atoms with Crippen molar-refractivity contribution in [2.75, 3.05) is 32.7 Å². The molecule has 1 aliphatic heterocycles. The zero-order chi connectivity index (χ0) is 15.6. The average molecular weight is 306 g/mol. The summed E-state index contributed by atoms with van der Waals surface area (Å²) in [6, 6.07) is 6.78. The van der Waals surface area contributed by atoms with Crippen LogP contribution in [0.2, 0.25) is 0 Å². The SMILES string of the molecule is CCNC(=NCc1ccccc1F)NCCN1CCCCC1. The van der Waals surface area contributed by atoms with Crippen molar-refractivity contribution in [1.82, 2.24) is 15.5 Å². The lowest BCUT2D eigenvalue weighted by Gasteiger charge is -2.26. The van der Waals surface area contributed by atoms with Crippen molar-refractivity contribution < 1.29 is 4.39 Å². The van der Waals surface area contributed by atoms with E-state index in [9.17, 15) is 4.39 Å². The van der Waals surface area contributed by atoms with Crippen molar-refractivity contribution in [2.45, 2.75) is 32.7 Å². The molecule has 122 valence electrons. The number of hydrogen-bond acceptors (Lipinski definition) is 2. The van der Waals surface area contributed by atoms with E-state index >= 15 is 0 Å². The van der Waals surface area contributed by atoms with Crippen LogP contribution in [0.25, 0.3) is 0 Å². The number of guanidine groups is 1. The van der Waals surface area contributed by atoms with Crippen LogP contribution >= 0.6 is 0 Å². The van der Waals surface area contributed by atoms with Crippen molar-refractivity contribution in [3.63, 3.8) is 0 Å². The molecular formula is C17H27FN4. The number of piperidine rings is 1. The monoisotopic (exact) mass is 306 g/mol. The Balaban J connectivity index is 1.80. The first-order valence-electron chi connectivity index (χ1n) is 8.27. The molecule has 5 heteroatoms. The second-order valence-electron chi connectivity index (χ2n) is 5.62. The highest BCUT2D eigenvalue weighted by Gasteiger charge is 2.09. The largest absolute Gasteiger partial charge is 0.357 e. The van der Waals surface area contributed by atoms with Crippen molar-refractivity contribution >= 4 is 5.96 Å². The molecule has 4 nitrogen and oxygen atoms in total. The van der Waals surface area contributed by atoms with Crippen LogP contribution in [0.5, 0.6) is 0 Å². The Morgan fingerprint density at radius 3 is 2.68 bits per heavy atom. The van der Waals surface area contributed by atoms with Gasteiger partial charge in [0.15, 0.2) is 5.96 Å². The Kier molecular flexibility index (Phi) is 7.16. The Morgan fingerprint density at radius 2 is 1.95 bits per heavy atom. The summed E-state index contributed by atoms with van der Waals surface area (Å²) in [6.07, 6.45) is 3.97. The molecule has 22 heavy (non-hydrogen) atoms. The smallest absolute Gasteiger partial charge is 0.191 e. The fourth-order valence-electron chi connectivity index (χ4n) is 2.65. The van der Waals surface area contributed by atoms with E-state index in [1.165, 1.54) is 38.4 Å². The van der Waals surface area contributed by atoms with E-state index in [0.717, 1.165) is 25.6 Å². The molecule has 1 heterocycles. The van der Waals surface area contributed by atoms with Gasteiger partial charge in [0.25, 0.3) is 0 Å². The van der Waals surface area contributed by atoms with E-state index < -0.39 is 0 Å². The zero-order valence-electron chi connectivity index (χ0n) is 13.4. The maximum atomic E-state index is 13.6. The summed E-state index contributed by atoms with van der Waals surface area (Å²) in [5.74, 6) is 0.554. The van der Waals surface area contributed by atoms with Crippen LogP contribution in [0.1, 0.15) is 31.7 Å². The first kappa shape index (κ1) is 16.7. The number of aliphatic imine (C=N–C) groups is 1. The van der Waals surface area contributed by atoms with E-state index in [2.05, 4.69) is 20.5 Å². The topological polar surface area (TPSA) is 39.7 Å². The van der Waals surface area contributed by atoms with Gasteiger partial charge < -0.3 is 15.5 Å². The Hall–Kier alpha value is -1.62. The predicted molar refractivity (Wildman–Crippen MR) is 89.5 cm³/mol. The molecule has 2 rings (SSSR count). The van der Waals surface area contributed by atoms with Crippen LogP contribution in [-0.2, 0) is 6.54 Å². The summed E-state index contributed by atoms with van der Waals surface area (Å²) in [4.78, 5) is 6.95. The van der Waals surface area contributed by atoms with Crippen molar-refractivity contribution in [3.8, 4) is 0 Å². The number of rotatable bonds is 6. The van der Waals surface area contributed by atoms with E-state index in [1.54, 1.807) is 12.1 Å². The molecule has 0 aromatic heterocycles. The number of halogens is 1. The Labute approximate surface area is 132 Å². The summed E-state index contributed by atoms with van der Waals surface area (Å²) in [7, 11) is 0. The number of nitrogens with one attached hydrogen (secondary N) is 2. The molecule has 0 spiro atoms. The van der Waals surface area contributed by atoms with Gasteiger partial charge in [0.2, 0.25) is 0 Å². The second kappa shape index (κ2) is 9.41. The highest BCUT2D eigenvalue weighted by molar-refractivity contribution is 5.79. The molecule has 2 N–H and O–H groups in total. The number of hydrogen-bond donors (Lipinski definition) is 2. The highest BCUT2D eigenvalue weighted by atomic mass is 19.1. The summed E-state index contributed by atoms with van der Waals surface area (Å²) in [6.45, 7) is 7.48. The Bertz CT molecular complexity index is 469. The lowest BCUT2D eigenvalue weighted by atomic mass is 10.1. The van der Waals surface area contributed by atoms with Crippen LogP contribution in [0.3, 0.4) is 0 Å². The molecule has 0 aliphatic carbocycles. The summed E-state index contributed by atoms with van der Waals surface area (Å²) < 4.78 is 13.6. The van der Waals surface area contributed by atoms with E-state index in [-0.39, 0.29) is 5.82 Å². The van der Waals surface area contributed by atoms with E-state index in [1.807, 2.05) is 13.0 Å². The van der Waals surface area contributed by atoms with Crippen LogP contribution in [-0.4, -0.2) is 43.6 Å². The number of benzene rings is 1. The predicted octanol–water partition coefficient (Wildman–Crippen LogP) is 2.37. The quantitative estimate of drug-likeness (QED) is 0.626. The van der Waals surface area contributed by atoms with Gasteiger partial charge in [-0.1, -0.05) is 24.6 Å². The molecule has 0 bridgehead atoms. The molecule has 1 fully saturated rings. The molecule has 0 radical (unpaired) electrons. The summed E-state index contributed by atoms with van der Waals surface area (Å²) >= 11 is 0. The van der Waals surface area contributed by atoms with Crippen LogP contribution in [0, 0.1) is 5.82 Å². The third kappa shape index (κ3) is 5.64. The first-order chi connectivity index (χ1) is 10.8. The van der Waals surface area contributed by atoms with Crippen molar-refractivity contribution in [3.05, 3.63) is 35.6 Å². The maximum Gasteiger partial charge on any atom is 0.191 e. The summed E-state index contributed by atoms with van der Waals surface area (Å²) in [5.41, 5.74) is 0.621. The standard InChI is InChI=1S/C17H27FN4/c1-2-19-17(20-10-13-22-11-6-3-7-12-22)21-14-15-8-4-5-9-16(15)18/h4-5,8-9H,2-3,6-7,10-14H2,1H3,(H2,19,20,21). The van der Waals surface area contributed by atoms with Gasteiger partial charge >= 0.3 is 0 Å². The molecule has 1 aromatic rings. The minimum Gasteiger partial charge on any atom is -0.357 e. The molecule has 0 amide bonds. The van der Waals surface area contributed by atoms with Crippen LogP contribution < -0.4 is 10.6 Å². The van der Waals surface area contributed by atoms with Crippen molar-refractivity contribution in [1.29, 1.82) is 0 Å². The van der Waals surface area contributed by atoms with Crippen LogP contribution in [0.4, 0.5) is 4.39 Å². The van der Waals surface area contributed by atoms with E-state index in [0.29, 0.717) is 12.1 Å². The van der Waals surface area contributed by atoms with Gasteiger partial charge in [0.05, 0.1) is 6.54 Å². The lowest BCUT2D eigenvalue weighted by molar-refractivity contribution is 0.232. The zero-order valence-corrected chi connectivity index (χ0v) is 13.4. The maximum absolute atomic E-state index is 13.6. The van der Waals surface area contributed by atoms with Gasteiger partial charge in [-0.25, -0.2) is 9.38 Å². The fourth-order valence-corrected chi connectivity index (χ4v) is 2.65. The number of nitrogens with zero attached hydrogens (tertiary/aromatic N) is 2. The van der Waals surface area contributed by atoms with E-state index in [4.69, 9.17) is 0 Å². The van der Waals surface area contributed by atoms with Gasteiger partial charge in [0.1, 0.15) is 5.82 Å². The van der Waals surface area contributed by atoms with Gasteiger partial charge in [-0.15, -0.1) is 0 Å². The Morgan fingerprint density at radius 1 is 1.18 bits per heavy atom. The molecular weight excluding hydrogens is 279 g/mol. The third-order valence-corrected chi connectivity index (χ3v) is 3.88. The minimum atomic E-state index is -0.199. The highest BCUT2D eigenvalue weighted by Crippen LogP contribution is 2.08. The molecule has 0 saturated carbocycles. The third-order valence-electron chi connectivity index (χ3n) is 3.88. The molecule has 1 aromatic carbocycles. The molecule has 1 aliphatic rings. The van der Waals surface area contributed by atoms with Crippen molar-refractivity contribution in [2.24, 2.45) is 4.99 Å². The second-order valence-corrected chi connectivity index (χ2v) is 5.62. The normalized spacial score (nSPS) is 16.5. The first-order valence-corrected chi connectivity index (χ1v) is 8.27. The number of likely N-dealkylation sites (tertiary alicyclic amines) is 1. The lowest BCUT2D eigenvalue weighted by Crippen LogP contribution is -2.42. The average Bonchev–Trinajstić information content (AvgIpc) is 2.55. The molecule has 1 saturated heterocycles.